The highest BCUT2D eigenvalue weighted by Crippen LogP contribution is 2.65. The van der Waals surface area contributed by atoms with Gasteiger partial charge in [-0.3, -0.25) is 9.59 Å². The normalized spacial score (nSPS) is 29.8. The second-order valence-electron chi connectivity index (χ2n) is 6.79. The van der Waals surface area contributed by atoms with Crippen molar-refractivity contribution in [3.05, 3.63) is 0 Å². The molecule has 2 rings (SSSR count). The maximum Gasteiger partial charge on any atom is 0.312 e. The van der Waals surface area contributed by atoms with Gasteiger partial charge >= 0.3 is 11.9 Å². The lowest BCUT2D eigenvalue weighted by molar-refractivity contribution is -0.163. The van der Waals surface area contributed by atoms with Crippen LogP contribution >= 0.6 is 0 Å². The monoisotopic (exact) mass is 268 g/mol. The Morgan fingerprint density at radius 1 is 1.26 bits per heavy atom. The van der Waals surface area contributed by atoms with E-state index in [9.17, 15) is 9.59 Å². The van der Waals surface area contributed by atoms with E-state index >= 15 is 0 Å². The second kappa shape index (κ2) is 4.80. The highest BCUT2D eigenvalue weighted by Gasteiger charge is 2.66. The van der Waals surface area contributed by atoms with Crippen LogP contribution in [0.2, 0.25) is 0 Å². The number of hydrogen-bond donors (Lipinski definition) is 0. The maximum atomic E-state index is 12.1. The minimum Gasteiger partial charge on any atom is -0.466 e. The van der Waals surface area contributed by atoms with Gasteiger partial charge in [0.15, 0.2) is 0 Å². The zero-order valence-electron chi connectivity index (χ0n) is 12.3. The first-order valence-electron chi connectivity index (χ1n) is 7.17. The third-order valence-corrected chi connectivity index (χ3v) is 3.89. The van der Waals surface area contributed by atoms with Gasteiger partial charge in [-0.1, -0.05) is 0 Å². The highest BCUT2D eigenvalue weighted by atomic mass is 16.6. The van der Waals surface area contributed by atoms with Crippen LogP contribution in [-0.2, 0) is 19.1 Å². The number of ether oxygens (including phenoxy) is 2. The summed E-state index contributed by atoms with van der Waals surface area (Å²) in [7, 11) is 0. The molecule has 108 valence electrons. The number of rotatable bonds is 5. The molecule has 0 aromatic heterocycles. The molecular formula is C15H24O4. The summed E-state index contributed by atoms with van der Waals surface area (Å²) in [6.45, 7) is 7.69. The van der Waals surface area contributed by atoms with Gasteiger partial charge in [0.05, 0.1) is 18.4 Å². The van der Waals surface area contributed by atoms with Crippen molar-refractivity contribution in [2.75, 3.05) is 6.61 Å². The number of hydrogen-bond acceptors (Lipinski definition) is 4. The van der Waals surface area contributed by atoms with E-state index in [1.54, 1.807) is 6.92 Å². The lowest BCUT2D eigenvalue weighted by Crippen LogP contribution is -2.30. The fourth-order valence-corrected chi connectivity index (χ4v) is 2.87. The van der Waals surface area contributed by atoms with Crippen LogP contribution in [0.3, 0.4) is 0 Å². The van der Waals surface area contributed by atoms with Crippen molar-refractivity contribution in [2.24, 2.45) is 17.3 Å². The lowest BCUT2D eigenvalue weighted by atomic mass is 9.97. The molecule has 2 fully saturated rings. The van der Waals surface area contributed by atoms with Crippen LogP contribution in [0.1, 0.15) is 53.4 Å². The van der Waals surface area contributed by atoms with Crippen LogP contribution in [0, 0.1) is 17.3 Å². The standard InChI is InChI=1S/C15H24O4/c1-5-18-13(17)15(8-11(15)10-6-7-10)9-12(16)19-14(2,3)4/h10-11H,5-9H2,1-4H3/t11-,15+/m0/s1. The van der Waals surface area contributed by atoms with Crippen molar-refractivity contribution in [3.63, 3.8) is 0 Å². The van der Waals surface area contributed by atoms with Crippen molar-refractivity contribution in [2.45, 2.75) is 59.0 Å². The van der Waals surface area contributed by atoms with Gasteiger partial charge in [0, 0.05) is 0 Å². The molecule has 0 N–H and O–H groups in total. The molecule has 2 saturated carbocycles. The molecule has 0 unspecified atom stereocenters. The summed E-state index contributed by atoms with van der Waals surface area (Å²) in [4.78, 5) is 24.1. The van der Waals surface area contributed by atoms with Gasteiger partial charge in [-0.05, 0) is 58.8 Å². The van der Waals surface area contributed by atoms with E-state index in [4.69, 9.17) is 9.47 Å². The Bertz CT molecular complexity index is 378. The quantitative estimate of drug-likeness (QED) is 0.719. The number of carbonyl (C=O) groups is 2. The summed E-state index contributed by atoms with van der Waals surface area (Å²) in [5, 5.41) is 0. The van der Waals surface area contributed by atoms with Gasteiger partial charge in [0.2, 0.25) is 0 Å². The number of esters is 2. The molecule has 0 aromatic rings. The predicted octanol–water partition coefficient (Wildman–Crippen LogP) is 2.70. The van der Waals surface area contributed by atoms with Gasteiger partial charge in [-0.2, -0.15) is 0 Å². The highest BCUT2D eigenvalue weighted by molar-refractivity contribution is 5.87. The van der Waals surface area contributed by atoms with Crippen LogP contribution in [0.15, 0.2) is 0 Å². The van der Waals surface area contributed by atoms with E-state index in [1.807, 2.05) is 20.8 Å². The number of carbonyl (C=O) groups excluding carboxylic acids is 2. The molecular weight excluding hydrogens is 244 g/mol. The first-order chi connectivity index (χ1) is 8.78. The van der Waals surface area contributed by atoms with Gasteiger partial charge in [-0.25, -0.2) is 0 Å². The molecule has 2 aliphatic rings. The summed E-state index contributed by atoms with van der Waals surface area (Å²) < 4.78 is 10.5. The zero-order valence-corrected chi connectivity index (χ0v) is 12.3. The Morgan fingerprint density at radius 3 is 2.37 bits per heavy atom. The van der Waals surface area contributed by atoms with E-state index in [1.165, 1.54) is 12.8 Å². The summed E-state index contributed by atoms with van der Waals surface area (Å²) >= 11 is 0. The lowest BCUT2D eigenvalue weighted by Gasteiger charge is -2.22. The summed E-state index contributed by atoms with van der Waals surface area (Å²) in [6, 6.07) is 0. The largest absolute Gasteiger partial charge is 0.466 e. The SMILES string of the molecule is CCOC(=O)[C@@]1(CC(=O)OC(C)(C)C)C[C@H]1C1CC1. The third-order valence-electron chi connectivity index (χ3n) is 3.89. The molecule has 2 aliphatic carbocycles. The first kappa shape index (κ1) is 14.4. The van der Waals surface area contributed by atoms with Crippen LogP contribution in [0.4, 0.5) is 0 Å². The molecule has 4 nitrogen and oxygen atoms in total. The Kier molecular flexibility index (Phi) is 3.63. The Labute approximate surface area is 114 Å². The smallest absolute Gasteiger partial charge is 0.312 e. The van der Waals surface area contributed by atoms with E-state index in [0.29, 0.717) is 18.4 Å². The van der Waals surface area contributed by atoms with Gasteiger partial charge in [0.1, 0.15) is 5.60 Å². The molecule has 0 aliphatic heterocycles. The summed E-state index contributed by atoms with van der Waals surface area (Å²) in [6.07, 6.45) is 3.32. The zero-order chi connectivity index (χ0) is 14.3. The minimum absolute atomic E-state index is 0.171. The minimum atomic E-state index is -0.584. The van der Waals surface area contributed by atoms with Crippen molar-refractivity contribution in [3.8, 4) is 0 Å². The van der Waals surface area contributed by atoms with Gasteiger partial charge < -0.3 is 9.47 Å². The molecule has 0 amide bonds. The predicted molar refractivity (Wildman–Crippen MR) is 70.4 cm³/mol. The molecule has 0 spiro atoms. The Balaban J connectivity index is 1.99. The molecule has 19 heavy (non-hydrogen) atoms. The second-order valence-corrected chi connectivity index (χ2v) is 6.79. The van der Waals surface area contributed by atoms with Crippen molar-refractivity contribution in [1.29, 1.82) is 0 Å². The average Bonchev–Trinajstić information content (AvgIpc) is 3.07. The molecule has 0 radical (unpaired) electrons. The van der Waals surface area contributed by atoms with Crippen LogP contribution < -0.4 is 0 Å². The van der Waals surface area contributed by atoms with Gasteiger partial charge in [-0.15, -0.1) is 0 Å². The fraction of sp³-hybridized carbons (Fsp3) is 0.867. The van der Waals surface area contributed by atoms with Crippen molar-refractivity contribution in [1.82, 2.24) is 0 Å². The van der Waals surface area contributed by atoms with Gasteiger partial charge in [0.25, 0.3) is 0 Å². The Hall–Kier alpha value is -1.06. The third kappa shape index (κ3) is 3.28. The summed E-state index contributed by atoms with van der Waals surface area (Å²) in [5.74, 6) is 0.451. The van der Waals surface area contributed by atoms with Crippen LogP contribution in [0.5, 0.6) is 0 Å². The van der Waals surface area contributed by atoms with Crippen molar-refractivity contribution >= 4 is 11.9 Å². The fourth-order valence-electron chi connectivity index (χ4n) is 2.87. The first-order valence-corrected chi connectivity index (χ1v) is 7.17. The topological polar surface area (TPSA) is 52.6 Å². The molecule has 2 atom stereocenters. The van der Waals surface area contributed by atoms with E-state index in [2.05, 4.69) is 0 Å². The molecule has 0 heterocycles. The van der Waals surface area contributed by atoms with Crippen LogP contribution in [0.25, 0.3) is 0 Å². The molecule has 0 saturated heterocycles. The molecule has 0 aromatic carbocycles. The van der Waals surface area contributed by atoms with E-state index < -0.39 is 11.0 Å². The molecule has 4 heteroatoms. The maximum absolute atomic E-state index is 12.1. The van der Waals surface area contributed by atoms with E-state index in [0.717, 1.165) is 6.42 Å². The average molecular weight is 268 g/mol. The Morgan fingerprint density at radius 2 is 1.89 bits per heavy atom. The van der Waals surface area contributed by atoms with Crippen molar-refractivity contribution < 1.29 is 19.1 Å². The molecule has 0 bridgehead atoms. The van der Waals surface area contributed by atoms with E-state index in [-0.39, 0.29) is 18.4 Å². The summed E-state index contributed by atoms with van der Waals surface area (Å²) in [5.41, 5.74) is -1.09. The van der Waals surface area contributed by atoms with Crippen LogP contribution in [-0.4, -0.2) is 24.1 Å².